The molecule has 22 nitrogen and oxygen atoms in total. The molecule has 22 heteroatoms. The van der Waals surface area contributed by atoms with Gasteiger partial charge in [0.2, 0.25) is 41.4 Å². The lowest BCUT2D eigenvalue weighted by Gasteiger charge is -2.32. The van der Waals surface area contributed by atoms with Gasteiger partial charge >= 0.3 is 11.9 Å². The fourth-order valence-corrected chi connectivity index (χ4v) is 7.91. The summed E-state index contributed by atoms with van der Waals surface area (Å²) in [6.07, 6.45) is -0.470. The molecule has 2 aliphatic heterocycles. The van der Waals surface area contributed by atoms with Crippen LogP contribution >= 0.6 is 0 Å². The van der Waals surface area contributed by atoms with Crippen LogP contribution in [0.3, 0.4) is 0 Å². The number of aliphatic carboxylic acids is 2. The second-order valence-electron chi connectivity index (χ2n) is 17.6. The zero-order valence-electron chi connectivity index (χ0n) is 38.7. The zero-order chi connectivity index (χ0) is 50.4. The number of likely N-dealkylation sites (tertiary alicyclic amines) is 2. The van der Waals surface area contributed by atoms with Crippen molar-refractivity contribution in [1.29, 1.82) is 0 Å². The highest BCUT2D eigenvalue weighted by molar-refractivity contribution is 5.99. The van der Waals surface area contributed by atoms with Crippen LogP contribution in [0.5, 0.6) is 11.5 Å². The molecule has 2 aromatic rings. The number of rotatable bonds is 23. The van der Waals surface area contributed by atoms with Gasteiger partial charge in [-0.25, -0.2) is 0 Å². The Morgan fingerprint density at radius 1 is 0.574 bits per heavy atom. The molecule has 2 aliphatic rings. The first-order valence-corrected chi connectivity index (χ1v) is 22.4. The predicted octanol–water partition coefficient (Wildman–Crippen LogP) is -0.909. The molecule has 7 amide bonds. The minimum Gasteiger partial charge on any atom is -0.508 e. The SMILES string of the molecule is CC(=O)C(C)NC(=O)C(Cc1ccc(O)cc1)NC(=O)C(CC(=O)O)NC(=O)C1CCCN1C(=O)C(NC(=O)C(CC(=O)O)NC(=O)C(Cc1ccc(O)cc1)NC(=O)C1CCCN1C)C(C)C. The number of aromatic hydroxyl groups is 2. The number of phenols is 2. The largest absolute Gasteiger partial charge is 0.508 e. The molecule has 0 bridgehead atoms. The molecule has 370 valence electrons. The summed E-state index contributed by atoms with van der Waals surface area (Å²) in [6.45, 7) is 6.50. The highest BCUT2D eigenvalue weighted by Gasteiger charge is 2.42. The molecular formula is C46H62N8O14. The first kappa shape index (κ1) is 53.5. The van der Waals surface area contributed by atoms with Crippen LogP contribution in [0.2, 0.25) is 0 Å². The molecule has 2 fully saturated rings. The Hall–Kier alpha value is -7.10. The number of nitrogens with zero attached hydrogens (tertiary/aromatic N) is 2. The van der Waals surface area contributed by atoms with E-state index in [1.54, 1.807) is 20.9 Å². The van der Waals surface area contributed by atoms with Crippen LogP contribution in [0.15, 0.2) is 48.5 Å². The Kier molecular flexibility index (Phi) is 19.4. The van der Waals surface area contributed by atoms with Crippen molar-refractivity contribution >= 4 is 59.1 Å². The Bertz CT molecular complexity index is 2190. The summed E-state index contributed by atoms with van der Waals surface area (Å²) >= 11 is 0. The van der Waals surface area contributed by atoms with E-state index in [4.69, 9.17) is 0 Å². The molecule has 0 aromatic heterocycles. The lowest BCUT2D eigenvalue weighted by Crippen LogP contribution is -2.61. The standard InChI is InChI=1S/C46H62N8O14/c1-24(2)39(52-43(65)34(23-38(60)61)49-41(63)32(21-28-12-16-30(57)17-13-28)50-44(66)35-8-6-18-53(35)5)46(68)54-19-7-9-36(54)45(67)51-33(22-37(58)59)42(64)48-31(40(62)47-25(3)26(4)55)20-27-10-14-29(56)15-11-27/h10-17,24-25,31-36,39,56-57H,6-9,18-23H2,1-5H3,(H,47,62)(H,48,64)(H,49,63)(H,50,66)(H,51,67)(H,52,65)(H,58,59)(H,60,61). The van der Waals surface area contributed by atoms with Crippen LogP contribution in [0.4, 0.5) is 0 Å². The molecule has 0 saturated carbocycles. The number of amides is 7. The van der Waals surface area contributed by atoms with Gasteiger partial charge in [-0.1, -0.05) is 38.1 Å². The third-order valence-corrected chi connectivity index (χ3v) is 11.9. The topological polar surface area (TPSA) is 330 Å². The average Bonchev–Trinajstić information content (AvgIpc) is 3.95. The summed E-state index contributed by atoms with van der Waals surface area (Å²) in [7, 11) is 1.76. The fourth-order valence-electron chi connectivity index (χ4n) is 7.91. The van der Waals surface area contributed by atoms with Crippen molar-refractivity contribution in [3.63, 3.8) is 0 Å². The van der Waals surface area contributed by atoms with Gasteiger partial charge in [0.1, 0.15) is 47.8 Å². The number of hydrogen-bond acceptors (Lipinski definition) is 13. The van der Waals surface area contributed by atoms with E-state index < -0.39 is 120 Å². The number of Topliss-reactive ketones (excluding diaryl/α,β-unsaturated/α-hetero) is 1. The lowest BCUT2D eigenvalue weighted by atomic mass is 10.0. The molecule has 2 heterocycles. The maximum Gasteiger partial charge on any atom is 0.305 e. The van der Waals surface area contributed by atoms with Gasteiger partial charge in [0, 0.05) is 19.4 Å². The van der Waals surface area contributed by atoms with Gasteiger partial charge < -0.3 is 57.2 Å². The van der Waals surface area contributed by atoms with Gasteiger partial charge in [0.25, 0.3) is 0 Å². The van der Waals surface area contributed by atoms with Crippen molar-refractivity contribution in [2.45, 2.75) is 127 Å². The predicted molar refractivity (Wildman–Crippen MR) is 241 cm³/mol. The molecule has 8 unspecified atom stereocenters. The summed E-state index contributed by atoms with van der Waals surface area (Å²) in [5, 5.41) is 54.1. The molecule has 10 N–H and O–H groups in total. The van der Waals surface area contributed by atoms with Crippen LogP contribution in [0.25, 0.3) is 0 Å². The highest BCUT2D eigenvalue weighted by atomic mass is 16.4. The molecular weight excluding hydrogens is 889 g/mol. The normalized spacial score (nSPS) is 18.5. The number of carboxylic acid groups (broad SMARTS) is 2. The number of benzene rings is 2. The first-order chi connectivity index (χ1) is 32.0. The maximum atomic E-state index is 14.3. The van der Waals surface area contributed by atoms with Crippen LogP contribution < -0.4 is 31.9 Å². The minimum atomic E-state index is -1.76. The maximum absolute atomic E-state index is 14.3. The van der Waals surface area contributed by atoms with Gasteiger partial charge in [-0.3, -0.25) is 52.8 Å². The second kappa shape index (κ2) is 24.6. The number of nitrogens with one attached hydrogen (secondary N) is 6. The van der Waals surface area contributed by atoms with Crippen LogP contribution in [-0.2, 0) is 60.8 Å². The summed E-state index contributed by atoms with van der Waals surface area (Å²) in [4.78, 5) is 135. The van der Waals surface area contributed by atoms with E-state index in [0.717, 1.165) is 11.3 Å². The van der Waals surface area contributed by atoms with E-state index in [1.807, 2.05) is 4.90 Å². The summed E-state index contributed by atoms with van der Waals surface area (Å²) in [5.74, 6) is -10.1. The fraction of sp³-hybridized carbons (Fsp3) is 0.522. The smallest absolute Gasteiger partial charge is 0.305 e. The average molecular weight is 951 g/mol. The van der Waals surface area contributed by atoms with E-state index in [1.165, 1.54) is 62.4 Å². The van der Waals surface area contributed by atoms with Gasteiger partial charge in [0.05, 0.1) is 24.9 Å². The monoisotopic (exact) mass is 950 g/mol. The lowest BCUT2D eigenvalue weighted by molar-refractivity contribution is -0.145. The van der Waals surface area contributed by atoms with Crippen molar-refractivity contribution in [3.05, 3.63) is 59.7 Å². The third-order valence-electron chi connectivity index (χ3n) is 11.9. The number of likely N-dealkylation sites (N-methyl/N-ethyl adjacent to an activating group) is 1. The van der Waals surface area contributed by atoms with Crippen LogP contribution in [-0.4, -0.2) is 158 Å². The van der Waals surface area contributed by atoms with Crippen molar-refractivity contribution < 1.29 is 68.4 Å². The molecule has 8 atom stereocenters. The molecule has 2 saturated heterocycles. The van der Waals surface area contributed by atoms with Crippen LogP contribution in [0, 0.1) is 5.92 Å². The highest BCUT2D eigenvalue weighted by Crippen LogP contribution is 2.22. The molecule has 0 aliphatic carbocycles. The first-order valence-electron chi connectivity index (χ1n) is 22.4. The van der Waals surface area contributed by atoms with Crippen molar-refractivity contribution in [1.82, 2.24) is 41.7 Å². The Balaban J connectivity index is 1.51. The Labute approximate surface area is 392 Å². The third kappa shape index (κ3) is 15.5. The molecule has 0 radical (unpaired) electrons. The van der Waals surface area contributed by atoms with Crippen LogP contribution in [0.1, 0.15) is 77.3 Å². The molecule has 2 aromatic carbocycles. The Morgan fingerprint density at radius 3 is 1.47 bits per heavy atom. The minimum absolute atomic E-state index is 0.000869. The van der Waals surface area contributed by atoms with Gasteiger partial charge in [0.15, 0.2) is 5.78 Å². The number of ketones is 1. The molecule has 0 spiro atoms. The number of carbonyl (C=O) groups excluding carboxylic acids is 8. The van der Waals surface area contributed by atoms with E-state index in [9.17, 15) is 68.4 Å². The number of phenolic OH excluding ortho intramolecular Hbond substituents is 2. The Morgan fingerprint density at radius 2 is 0.985 bits per heavy atom. The number of carbonyl (C=O) groups is 10. The summed E-state index contributed by atoms with van der Waals surface area (Å²) < 4.78 is 0. The number of carboxylic acids is 2. The van der Waals surface area contributed by atoms with E-state index in [0.29, 0.717) is 24.1 Å². The summed E-state index contributed by atoms with van der Waals surface area (Å²) in [5.41, 5.74) is 1.01. The second-order valence-corrected chi connectivity index (χ2v) is 17.6. The van der Waals surface area contributed by atoms with Gasteiger partial charge in [-0.15, -0.1) is 0 Å². The van der Waals surface area contributed by atoms with E-state index >= 15 is 0 Å². The van der Waals surface area contributed by atoms with Gasteiger partial charge in [-0.05, 0) is 94.4 Å². The van der Waals surface area contributed by atoms with Gasteiger partial charge in [-0.2, -0.15) is 0 Å². The van der Waals surface area contributed by atoms with Crippen molar-refractivity contribution in [3.8, 4) is 11.5 Å². The molecule has 4 rings (SSSR count). The quantitative estimate of drug-likeness (QED) is 0.0645. The van der Waals surface area contributed by atoms with Crippen molar-refractivity contribution in [2.75, 3.05) is 20.1 Å². The van der Waals surface area contributed by atoms with E-state index in [2.05, 4.69) is 31.9 Å². The summed E-state index contributed by atoms with van der Waals surface area (Å²) in [6, 6.07) is 1.22. The zero-order valence-corrected chi connectivity index (χ0v) is 38.7. The van der Waals surface area contributed by atoms with Crippen molar-refractivity contribution in [2.24, 2.45) is 5.92 Å². The molecule has 68 heavy (non-hydrogen) atoms. The number of hydrogen-bond donors (Lipinski definition) is 10. The van der Waals surface area contributed by atoms with E-state index in [-0.39, 0.29) is 49.5 Å².